The topological polar surface area (TPSA) is 23.5 Å². The minimum atomic E-state index is 0. The highest BCUT2D eigenvalue weighted by atomic mass is 79.9. The highest BCUT2D eigenvalue weighted by Crippen LogP contribution is 2.30. The SMILES string of the molecule is CCCN(CCC)[C@@H]1CCc2cccc(O)c2C1.[Br-]. The molecular formula is C16H25BrNO-. The Kier molecular flexibility index (Phi) is 6.87. The van der Waals surface area contributed by atoms with E-state index in [0.29, 0.717) is 11.8 Å². The summed E-state index contributed by atoms with van der Waals surface area (Å²) in [4.78, 5) is 2.61. The van der Waals surface area contributed by atoms with Crippen LogP contribution in [-0.4, -0.2) is 29.1 Å². The fourth-order valence-electron chi connectivity index (χ4n) is 3.11. The summed E-state index contributed by atoms with van der Waals surface area (Å²) >= 11 is 0. The van der Waals surface area contributed by atoms with E-state index in [1.807, 2.05) is 12.1 Å². The molecule has 108 valence electrons. The predicted octanol–water partition coefficient (Wildman–Crippen LogP) is 0.376. The van der Waals surface area contributed by atoms with E-state index in [1.165, 1.54) is 43.5 Å². The highest BCUT2D eigenvalue weighted by Gasteiger charge is 2.24. The number of aromatic hydroxyl groups is 1. The highest BCUT2D eigenvalue weighted by molar-refractivity contribution is 5.41. The van der Waals surface area contributed by atoms with Gasteiger partial charge in [-0.15, -0.1) is 0 Å². The van der Waals surface area contributed by atoms with Crippen molar-refractivity contribution in [3.05, 3.63) is 29.3 Å². The van der Waals surface area contributed by atoms with Crippen LogP contribution in [-0.2, 0) is 12.8 Å². The molecule has 0 aromatic heterocycles. The molecule has 19 heavy (non-hydrogen) atoms. The number of rotatable bonds is 5. The van der Waals surface area contributed by atoms with Gasteiger partial charge in [-0.25, -0.2) is 0 Å². The molecule has 0 spiro atoms. The van der Waals surface area contributed by atoms with Crippen LogP contribution in [0.5, 0.6) is 5.75 Å². The number of phenolic OH excluding ortho intramolecular Hbond substituents is 1. The molecule has 1 atom stereocenters. The van der Waals surface area contributed by atoms with E-state index in [9.17, 15) is 5.11 Å². The van der Waals surface area contributed by atoms with Crippen LogP contribution in [0.2, 0.25) is 0 Å². The van der Waals surface area contributed by atoms with Gasteiger partial charge in [0, 0.05) is 6.04 Å². The molecule has 2 nitrogen and oxygen atoms in total. The lowest BCUT2D eigenvalue weighted by Gasteiger charge is -2.35. The van der Waals surface area contributed by atoms with Crippen LogP contribution in [0.1, 0.15) is 44.2 Å². The van der Waals surface area contributed by atoms with Crippen LogP contribution in [0.25, 0.3) is 0 Å². The maximum absolute atomic E-state index is 10.00. The second kappa shape index (κ2) is 7.91. The van der Waals surface area contributed by atoms with Gasteiger partial charge in [0.25, 0.3) is 0 Å². The number of hydrogen-bond acceptors (Lipinski definition) is 2. The third kappa shape index (κ3) is 3.96. The summed E-state index contributed by atoms with van der Waals surface area (Å²) in [5.74, 6) is 0.491. The minimum Gasteiger partial charge on any atom is -1.00 e. The number of hydrogen-bond donors (Lipinski definition) is 1. The van der Waals surface area contributed by atoms with Crippen molar-refractivity contribution in [3.8, 4) is 5.75 Å². The number of benzene rings is 1. The summed E-state index contributed by atoms with van der Waals surface area (Å²) < 4.78 is 0. The first-order valence-corrected chi connectivity index (χ1v) is 7.30. The third-order valence-electron chi connectivity index (χ3n) is 3.97. The Morgan fingerprint density at radius 1 is 1.21 bits per heavy atom. The molecule has 0 fully saturated rings. The number of phenols is 1. The molecule has 1 aliphatic rings. The van der Waals surface area contributed by atoms with Gasteiger partial charge in [-0.1, -0.05) is 26.0 Å². The zero-order valence-corrected chi connectivity index (χ0v) is 13.6. The average molecular weight is 327 g/mol. The summed E-state index contributed by atoms with van der Waals surface area (Å²) in [5, 5.41) is 10.00. The summed E-state index contributed by atoms with van der Waals surface area (Å²) in [7, 11) is 0. The molecule has 0 aliphatic heterocycles. The minimum absolute atomic E-state index is 0. The summed E-state index contributed by atoms with van der Waals surface area (Å²) in [6, 6.07) is 6.57. The van der Waals surface area contributed by atoms with Gasteiger partial charge >= 0.3 is 0 Å². The van der Waals surface area contributed by atoms with Gasteiger partial charge in [0.2, 0.25) is 0 Å². The molecule has 0 saturated carbocycles. The molecule has 0 bridgehead atoms. The molecule has 0 heterocycles. The molecular weight excluding hydrogens is 302 g/mol. The van der Waals surface area contributed by atoms with E-state index in [0.717, 1.165) is 12.8 Å². The number of nitrogens with zero attached hydrogens (tertiary/aromatic N) is 1. The Morgan fingerprint density at radius 3 is 2.53 bits per heavy atom. The Balaban J connectivity index is 0.00000180. The van der Waals surface area contributed by atoms with Crippen LogP contribution in [0.4, 0.5) is 0 Å². The van der Waals surface area contributed by atoms with Crippen LogP contribution in [0.3, 0.4) is 0 Å². The van der Waals surface area contributed by atoms with Gasteiger partial charge in [0.15, 0.2) is 0 Å². The first-order chi connectivity index (χ1) is 8.76. The number of fused-ring (bicyclic) bond motifs is 1. The molecule has 0 radical (unpaired) electrons. The average Bonchev–Trinajstić information content (AvgIpc) is 2.39. The Hall–Kier alpha value is -0.540. The maximum atomic E-state index is 10.00. The normalized spacial score (nSPS) is 17.9. The molecule has 1 aromatic carbocycles. The summed E-state index contributed by atoms with van der Waals surface area (Å²) in [6.07, 6.45) is 5.78. The van der Waals surface area contributed by atoms with E-state index in [1.54, 1.807) is 0 Å². The van der Waals surface area contributed by atoms with Crippen molar-refractivity contribution >= 4 is 0 Å². The van der Waals surface area contributed by atoms with Gasteiger partial charge in [-0.3, -0.25) is 0 Å². The zero-order valence-electron chi connectivity index (χ0n) is 12.0. The monoisotopic (exact) mass is 326 g/mol. The van der Waals surface area contributed by atoms with Crippen LogP contribution < -0.4 is 17.0 Å². The van der Waals surface area contributed by atoms with E-state index >= 15 is 0 Å². The molecule has 1 N–H and O–H groups in total. The lowest BCUT2D eigenvalue weighted by atomic mass is 9.86. The van der Waals surface area contributed by atoms with Crippen molar-refractivity contribution in [2.45, 2.75) is 52.0 Å². The van der Waals surface area contributed by atoms with Crippen LogP contribution in [0.15, 0.2) is 18.2 Å². The van der Waals surface area contributed by atoms with Crippen molar-refractivity contribution in [1.82, 2.24) is 4.90 Å². The molecule has 1 aliphatic carbocycles. The van der Waals surface area contributed by atoms with Crippen LogP contribution >= 0.6 is 0 Å². The Labute approximate surface area is 127 Å². The van der Waals surface area contributed by atoms with E-state index in [-0.39, 0.29) is 17.0 Å². The van der Waals surface area contributed by atoms with Gasteiger partial charge in [-0.2, -0.15) is 0 Å². The zero-order chi connectivity index (χ0) is 13.0. The number of aryl methyl sites for hydroxylation is 1. The van der Waals surface area contributed by atoms with Gasteiger partial charge in [0.05, 0.1) is 0 Å². The fraction of sp³-hybridized carbons (Fsp3) is 0.625. The fourth-order valence-corrected chi connectivity index (χ4v) is 3.11. The van der Waals surface area contributed by atoms with Crippen LogP contribution in [0, 0.1) is 0 Å². The Bertz CT molecular complexity index is 388. The standard InChI is InChI=1S/C16H25NO.BrH/c1-3-10-17(11-4-2)14-9-8-13-6-5-7-16(18)15(13)12-14;/h5-7,14,18H,3-4,8-12H2,1-2H3;1H/p-1/t14-;/m1./s1. The Morgan fingerprint density at radius 2 is 1.89 bits per heavy atom. The molecule has 0 saturated heterocycles. The van der Waals surface area contributed by atoms with Crippen molar-refractivity contribution in [1.29, 1.82) is 0 Å². The summed E-state index contributed by atoms with van der Waals surface area (Å²) in [6.45, 7) is 6.86. The van der Waals surface area contributed by atoms with E-state index in [2.05, 4.69) is 24.8 Å². The lowest BCUT2D eigenvalue weighted by molar-refractivity contribution is -0.00000489. The molecule has 0 amide bonds. The maximum Gasteiger partial charge on any atom is 0.119 e. The molecule has 0 unspecified atom stereocenters. The third-order valence-corrected chi connectivity index (χ3v) is 3.97. The quantitative estimate of drug-likeness (QED) is 0.845. The van der Waals surface area contributed by atoms with Gasteiger partial charge in [-0.05, 0) is 62.4 Å². The molecule has 2 rings (SSSR count). The predicted molar refractivity (Wildman–Crippen MR) is 76.1 cm³/mol. The van der Waals surface area contributed by atoms with E-state index < -0.39 is 0 Å². The van der Waals surface area contributed by atoms with Crippen molar-refractivity contribution < 1.29 is 22.1 Å². The van der Waals surface area contributed by atoms with Crippen molar-refractivity contribution in [3.63, 3.8) is 0 Å². The van der Waals surface area contributed by atoms with Gasteiger partial charge < -0.3 is 27.0 Å². The second-order valence-electron chi connectivity index (χ2n) is 5.35. The molecule has 3 heteroatoms. The smallest absolute Gasteiger partial charge is 0.119 e. The lowest BCUT2D eigenvalue weighted by Crippen LogP contribution is -3.00. The van der Waals surface area contributed by atoms with Gasteiger partial charge in [0.1, 0.15) is 5.75 Å². The first kappa shape index (κ1) is 16.5. The summed E-state index contributed by atoms with van der Waals surface area (Å²) in [5.41, 5.74) is 2.53. The largest absolute Gasteiger partial charge is 1.00 e. The first-order valence-electron chi connectivity index (χ1n) is 7.30. The van der Waals surface area contributed by atoms with Crippen molar-refractivity contribution in [2.75, 3.05) is 13.1 Å². The molecule has 1 aromatic rings. The van der Waals surface area contributed by atoms with E-state index in [4.69, 9.17) is 0 Å². The second-order valence-corrected chi connectivity index (χ2v) is 5.35. The van der Waals surface area contributed by atoms with Crippen molar-refractivity contribution in [2.24, 2.45) is 0 Å². The number of halogens is 1.